The van der Waals surface area contributed by atoms with Gasteiger partial charge in [0.25, 0.3) is 5.91 Å². The lowest BCUT2D eigenvalue weighted by molar-refractivity contribution is -0.118. The fourth-order valence-electron chi connectivity index (χ4n) is 2.89. The summed E-state index contributed by atoms with van der Waals surface area (Å²) in [7, 11) is 3.08. The first kappa shape index (κ1) is 17.3. The first-order valence-corrected chi connectivity index (χ1v) is 8.35. The third-order valence-electron chi connectivity index (χ3n) is 4.50. The van der Waals surface area contributed by atoms with Crippen LogP contribution in [-0.4, -0.2) is 26.0 Å². The first-order valence-electron chi connectivity index (χ1n) is 7.98. The highest BCUT2D eigenvalue weighted by molar-refractivity contribution is 6.30. The molecule has 0 bridgehead atoms. The number of carbonyl (C=O) groups is 2. The van der Waals surface area contributed by atoms with Gasteiger partial charge in [-0.25, -0.2) is 0 Å². The van der Waals surface area contributed by atoms with E-state index in [1.165, 1.54) is 7.11 Å². The predicted molar refractivity (Wildman–Crippen MR) is 97.4 cm³/mol. The monoisotopic (exact) mass is 358 g/mol. The number of hydrogen-bond acceptors (Lipinski definition) is 3. The molecule has 130 valence electrons. The summed E-state index contributed by atoms with van der Waals surface area (Å²) in [6.45, 7) is 0. The molecule has 0 aliphatic heterocycles. The Balaban J connectivity index is 1.89. The van der Waals surface area contributed by atoms with Crippen molar-refractivity contribution in [1.82, 2.24) is 5.32 Å². The molecule has 1 saturated carbocycles. The largest absolute Gasteiger partial charge is 0.495 e. The Kier molecular flexibility index (Phi) is 4.68. The summed E-state index contributed by atoms with van der Waals surface area (Å²) in [6.07, 6.45) is 1.52. The smallest absolute Gasteiger partial charge is 0.251 e. The molecule has 2 amide bonds. The molecule has 3 rings (SSSR count). The highest BCUT2D eigenvalue weighted by Crippen LogP contribution is 2.49. The van der Waals surface area contributed by atoms with Crippen molar-refractivity contribution < 1.29 is 14.3 Å². The Morgan fingerprint density at radius 2 is 1.92 bits per heavy atom. The van der Waals surface area contributed by atoms with Crippen molar-refractivity contribution in [2.24, 2.45) is 0 Å². The van der Waals surface area contributed by atoms with Gasteiger partial charge in [-0.05, 0) is 48.7 Å². The van der Waals surface area contributed by atoms with Crippen molar-refractivity contribution in [2.45, 2.75) is 18.3 Å². The van der Waals surface area contributed by atoms with Gasteiger partial charge in [0.2, 0.25) is 5.91 Å². The molecule has 2 aromatic carbocycles. The minimum atomic E-state index is -0.571. The standard InChI is InChI=1S/C19H19ClN2O3/c1-21-17(23)12-6-7-16(25-2)15(10-12)22-18(24)19(8-9-19)13-4-3-5-14(20)11-13/h3-7,10-11H,8-9H2,1-2H3,(H,21,23)(H,22,24). The topological polar surface area (TPSA) is 67.4 Å². The number of amides is 2. The maximum Gasteiger partial charge on any atom is 0.251 e. The molecule has 1 fully saturated rings. The van der Waals surface area contributed by atoms with Crippen LogP contribution in [0.2, 0.25) is 5.02 Å². The van der Waals surface area contributed by atoms with Gasteiger partial charge in [0.15, 0.2) is 0 Å². The molecule has 0 unspecified atom stereocenters. The van der Waals surface area contributed by atoms with Crippen LogP contribution < -0.4 is 15.4 Å². The van der Waals surface area contributed by atoms with E-state index in [1.807, 2.05) is 18.2 Å². The molecule has 25 heavy (non-hydrogen) atoms. The van der Waals surface area contributed by atoms with E-state index in [-0.39, 0.29) is 11.8 Å². The summed E-state index contributed by atoms with van der Waals surface area (Å²) in [4.78, 5) is 24.8. The van der Waals surface area contributed by atoms with Gasteiger partial charge in [-0.3, -0.25) is 9.59 Å². The van der Waals surface area contributed by atoms with E-state index >= 15 is 0 Å². The highest BCUT2D eigenvalue weighted by Gasteiger charge is 2.51. The van der Waals surface area contributed by atoms with Gasteiger partial charge in [0.1, 0.15) is 5.75 Å². The Hall–Kier alpha value is -2.53. The van der Waals surface area contributed by atoms with Gasteiger partial charge in [0.05, 0.1) is 18.2 Å². The van der Waals surface area contributed by atoms with E-state index in [9.17, 15) is 9.59 Å². The zero-order valence-corrected chi connectivity index (χ0v) is 14.8. The van der Waals surface area contributed by atoms with E-state index in [2.05, 4.69) is 10.6 Å². The van der Waals surface area contributed by atoms with Gasteiger partial charge < -0.3 is 15.4 Å². The quantitative estimate of drug-likeness (QED) is 0.861. The molecule has 6 heteroatoms. The minimum absolute atomic E-state index is 0.123. The van der Waals surface area contributed by atoms with Crippen LogP contribution in [0.15, 0.2) is 42.5 Å². The van der Waals surface area contributed by atoms with E-state index in [4.69, 9.17) is 16.3 Å². The molecule has 1 aliphatic carbocycles. The van der Waals surface area contributed by atoms with Gasteiger partial charge in [-0.1, -0.05) is 23.7 Å². The second-order valence-electron chi connectivity index (χ2n) is 6.04. The van der Waals surface area contributed by atoms with Crippen LogP contribution in [0.1, 0.15) is 28.8 Å². The third-order valence-corrected chi connectivity index (χ3v) is 4.73. The van der Waals surface area contributed by atoms with Crippen LogP contribution >= 0.6 is 11.6 Å². The van der Waals surface area contributed by atoms with Crippen LogP contribution in [0, 0.1) is 0 Å². The summed E-state index contributed by atoms with van der Waals surface area (Å²) < 4.78 is 5.30. The van der Waals surface area contributed by atoms with Gasteiger partial charge in [-0.2, -0.15) is 0 Å². The first-order chi connectivity index (χ1) is 12.0. The fraction of sp³-hybridized carbons (Fsp3) is 0.263. The summed E-state index contributed by atoms with van der Waals surface area (Å²) in [6, 6.07) is 12.3. The van der Waals surface area contributed by atoms with Crippen LogP contribution in [0.25, 0.3) is 0 Å². The fourth-order valence-corrected chi connectivity index (χ4v) is 3.08. The number of hydrogen-bond donors (Lipinski definition) is 2. The molecule has 0 saturated heterocycles. The van der Waals surface area contributed by atoms with E-state index in [0.717, 1.165) is 18.4 Å². The number of anilines is 1. The summed E-state index contributed by atoms with van der Waals surface area (Å²) in [5, 5.41) is 6.09. The van der Waals surface area contributed by atoms with Crippen molar-refractivity contribution in [2.75, 3.05) is 19.5 Å². The SMILES string of the molecule is CNC(=O)c1ccc(OC)c(NC(=O)C2(c3cccc(Cl)c3)CC2)c1. The molecule has 5 nitrogen and oxygen atoms in total. The Labute approximate surface area is 151 Å². The maximum atomic E-state index is 12.9. The molecule has 0 radical (unpaired) electrons. The number of rotatable bonds is 5. The molecule has 2 N–H and O–H groups in total. The van der Waals surface area contributed by atoms with Gasteiger partial charge in [0, 0.05) is 17.6 Å². The Bertz CT molecular complexity index is 831. The van der Waals surface area contributed by atoms with Gasteiger partial charge >= 0.3 is 0 Å². The van der Waals surface area contributed by atoms with Crippen molar-refractivity contribution in [3.63, 3.8) is 0 Å². The average Bonchev–Trinajstić information content (AvgIpc) is 3.43. The van der Waals surface area contributed by atoms with E-state index in [1.54, 1.807) is 31.3 Å². The normalized spacial score (nSPS) is 14.5. The second-order valence-corrected chi connectivity index (χ2v) is 6.48. The molecule has 0 aromatic heterocycles. The minimum Gasteiger partial charge on any atom is -0.495 e. The molecule has 0 spiro atoms. The molecule has 0 heterocycles. The lowest BCUT2D eigenvalue weighted by Crippen LogP contribution is -2.28. The maximum absolute atomic E-state index is 12.9. The zero-order chi connectivity index (χ0) is 18.0. The van der Waals surface area contributed by atoms with Crippen LogP contribution in [0.5, 0.6) is 5.75 Å². The van der Waals surface area contributed by atoms with Crippen molar-refractivity contribution >= 4 is 29.1 Å². The van der Waals surface area contributed by atoms with Crippen LogP contribution in [0.3, 0.4) is 0 Å². The Morgan fingerprint density at radius 1 is 1.16 bits per heavy atom. The summed E-state index contributed by atoms with van der Waals surface area (Å²) in [5.41, 5.74) is 1.26. The highest BCUT2D eigenvalue weighted by atomic mass is 35.5. The molecule has 2 aromatic rings. The number of halogens is 1. The number of nitrogens with one attached hydrogen (secondary N) is 2. The average molecular weight is 359 g/mol. The number of ether oxygens (including phenoxy) is 1. The molecule has 1 aliphatic rings. The lowest BCUT2D eigenvalue weighted by Gasteiger charge is -2.18. The van der Waals surface area contributed by atoms with Crippen molar-refractivity contribution in [1.29, 1.82) is 0 Å². The van der Waals surface area contributed by atoms with Gasteiger partial charge in [-0.15, -0.1) is 0 Å². The number of carbonyl (C=O) groups excluding carboxylic acids is 2. The summed E-state index contributed by atoms with van der Waals surface area (Å²) in [5.74, 6) is 0.152. The third kappa shape index (κ3) is 3.33. The molecule has 0 atom stereocenters. The van der Waals surface area contributed by atoms with Crippen molar-refractivity contribution in [3.8, 4) is 5.75 Å². The predicted octanol–water partition coefficient (Wildman–Crippen LogP) is 3.38. The number of methoxy groups -OCH3 is 1. The lowest BCUT2D eigenvalue weighted by atomic mass is 9.95. The molecular formula is C19H19ClN2O3. The number of benzene rings is 2. The Morgan fingerprint density at radius 3 is 2.52 bits per heavy atom. The van der Waals surface area contributed by atoms with Crippen molar-refractivity contribution in [3.05, 3.63) is 58.6 Å². The van der Waals surface area contributed by atoms with E-state index < -0.39 is 5.41 Å². The zero-order valence-electron chi connectivity index (χ0n) is 14.1. The molecular weight excluding hydrogens is 340 g/mol. The van der Waals surface area contributed by atoms with E-state index in [0.29, 0.717) is 22.0 Å². The van der Waals surface area contributed by atoms with Crippen LogP contribution in [-0.2, 0) is 10.2 Å². The summed E-state index contributed by atoms with van der Waals surface area (Å²) >= 11 is 6.07. The van der Waals surface area contributed by atoms with Crippen LogP contribution in [0.4, 0.5) is 5.69 Å². The second kappa shape index (κ2) is 6.76.